The molecule has 0 aromatic heterocycles. The van der Waals surface area contributed by atoms with Crippen molar-refractivity contribution in [2.24, 2.45) is 5.73 Å². The maximum absolute atomic E-state index is 9.17. The van der Waals surface area contributed by atoms with Gasteiger partial charge in [0.1, 0.15) is 4.99 Å². The molecule has 0 atom stereocenters. The van der Waals surface area contributed by atoms with Crippen molar-refractivity contribution in [3.05, 3.63) is 29.3 Å². The summed E-state index contributed by atoms with van der Waals surface area (Å²) in [5, 5.41) is 9.17. The first-order chi connectivity index (χ1) is 8.13. The lowest BCUT2D eigenvalue weighted by atomic mass is 10.1. The van der Waals surface area contributed by atoms with Crippen molar-refractivity contribution in [2.75, 3.05) is 18.1 Å². The maximum Gasteiger partial charge on any atom is 0.106 e. The van der Waals surface area contributed by atoms with E-state index in [1.807, 2.05) is 12.1 Å². The van der Waals surface area contributed by atoms with Gasteiger partial charge in [-0.3, -0.25) is 0 Å². The van der Waals surface area contributed by atoms with E-state index < -0.39 is 0 Å². The number of aryl methyl sites for hydroxylation is 1. The van der Waals surface area contributed by atoms with Crippen LogP contribution in [0.3, 0.4) is 0 Å². The lowest BCUT2D eigenvalue weighted by Gasteiger charge is -2.26. The van der Waals surface area contributed by atoms with Crippen molar-refractivity contribution in [3.8, 4) is 0 Å². The summed E-state index contributed by atoms with van der Waals surface area (Å²) in [5.74, 6) is 0. The third-order valence-corrected chi connectivity index (χ3v) is 3.28. The number of thiocarbonyl (C=S) groups is 1. The number of benzene rings is 1. The predicted octanol–water partition coefficient (Wildman–Crippen LogP) is 1.59. The summed E-state index contributed by atoms with van der Waals surface area (Å²) < 4.78 is 0. The highest BCUT2D eigenvalue weighted by molar-refractivity contribution is 7.80. The molecule has 0 heterocycles. The number of aliphatic hydroxyl groups is 1. The third kappa shape index (κ3) is 2.76. The first kappa shape index (κ1) is 12.3. The molecule has 1 aliphatic rings. The molecule has 0 unspecified atom stereocenters. The van der Waals surface area contributed by atoms with E-state index in [2.05, 4.69) is 17.9 Å². The van der Waals surface area contributed by atoms with Gasteiger partial charge in [-0.05, 0) is 37.5 Å². The minimum atomic E-state index is 0.154. The highest BCUT2D eigenvalue weighted by Crippen LogP contribution is 2.33. The Morgan fingerprint density at radius 2 is 2.24 bits per heavy atom. The largest absolute Gasteiger partial charge is 0.395 e. The van der Waals surface area contributed by atoms with Crippen LogP contribution in [0.2, 0.25) is 0 Å². The lowest BCUT2D eigenvalue weighted by Crippen LogP contribution is -2.31. The van der Waals surface area contributed by atoms with E-state index in [1.165, 1.54) is 18.4 Å². The van der Waals surface area contributed by atoms with Crippen LogP contribution in [0, 0.1) is 6.92 Å². The van der Waals surface area contributed by atoms with Crippen molar-refractivity contribution in [3.63, 3.8) is 0 Å². The smallest absolute Gasteiger partial charge is 0.106 e. The highest BCUT2D eigenvalue weighted by Gasteiger charge is 2.30. The number of nitrogens with zero attached hydrogens (tertiary/aromatic N) is 1. The number of hydrogen-bond donors (Lipinski definition) is 2. The summed E-state index contributed by atoms with van der Waals surface area (Å²) in [6, 6.07) is 6.63. The average molecular weight is 250 g/mol. The molecule has 0 saturated heterocycles. The molecule has 0 spiro atoms. The Hall–Kier alpha value is -1.13. The number of aliphatic hydroxyl groups excluding tert-OH is 1. The van der Waals surface area contributed by atoms with Gasteiger partial charge in [0.15, 0.2) is 0 Å². The fourth-order valence-electron chi connectivity index (χ4n) is 2.08. The Morgan fingerprint density at radius 1 is 1.53 bits per heavy atom. The van der Waals surface area contributed by atoms with Crippen LogP contribution < -0.4 is 10.6 Å². The molecule has 0 aliphatic heterocycles. The molecular weight excluding hydrogens is 232 g/mol. The molecule has 4 heteroatoms. The molecule has 1 aromatic rings. The summed E-state index contributed by atoms with van der Waals surface area (Å²) in [5.41, 5.74) is 8.92. The topological polar surface area (TPSA) is 49.5 Å². The van der Waals surface area contributed by atoms with Gasteiger partial charge in [-0.25, -0.2) is 0 Å². The van der Waals surface area contributed by atoms with Gasteiger partial charge < -0.3 is 15.7 Å². The molecule has 0 amide bonds. The van der Waals surface area contributed by atoms with Crippen LogP contribution >= 0.6 is 12.2 Å². The molecule has 0 bridgehead atoms. The Morgan fingerprint density at radius 3 is 2.76 bits per heavy atom. The molecule has 1 fully saturated rings. The van der Waals surface area contributed by atoms with Crippen LogP contribution in [0.1, 0.15) is 24.0 Å². The van der Waals surface area contributed by atoms with Crippen LogP contribution in [0.15, 0.2) is 18.2 Å². The number of nitrogens with two attached hydrogens (primary N) is 1. The summed E-state index contributed by atoms with van der Waals surface area (Å²) in [6.45, 7) is 2.85. The molecule has 3 N–H and O–H groups in total. The van der Waals surface area contributed by atoms with Gasteiger partial charge in [0.2, 0.25) is 0 Å². The number of hydrogen-bond acceptors (Lipinski definition) is 3. The second-order valence-electron chi connectivity index (χ2n) is 4.53. The van der Waals surface area contributed by atoms with Gasteiger partial charge in [0, 0.05) is 23.8 Å². The van der Waals surface area contributed by atoms with Crippen molar-refractivity contribution < 1.29 is 5.11 Å². The van der Waals surface area contributed by atoms with Crippen LogP contribution in [0.5, 0.6) is 0 Å². The van der Waals surface area contributed by atoms with E-state index in [9.17, 15) is 0 Å². The second-order valence-corrected chi connectivity index (χ2v) is 4.97. The Labute approximate surface area is 107 Å². The first-order valence-electron chi connectivity index (χ1n) is 5.91. The highest BCUT2D eigenvalue weighted by atomic mass is 32.1. The minimum absolute atomic E-state index is 0.154. The van der Waals surface area contributed by atoms with Crippen molar-refractivity contribution in [1.29, 1.82) is 0 Å². The van der Waals surface area contributed by atoms with E-state index in [0.29, 0.717) is 17.6 Å². The fraction of sp³-hybridized carbons (Fsp3) is 0.462. The predicted molar refractivity (Wildman–Crippen MR) is 74.5 cm³/mol. The van der Waals surface area contributed by atoms with Gasteiger partial charge in [-0.15, -0.1) is 0 Å². The minimum Gasteiger partial charge on any atom is -0.395 e. The molecule has 0 radical (unpaired) electrons. The zero-order valence-corrected chi connectivity index (χ0v) is 10.8. The van der Waals surface area contributed by atoms with Crippen molar-refractivity contribution in [2.45, 2.75) is 25.8 Å². The Balaban J connectivity index is 2.39. The van der Waals surface area contributed by atoms with Crippen LogP contribution in [-0.2, 0) is 0 Å². The van der Waals surface area contributed by atoms with Gasteiger partial charge in [0.05, 0.1) is 6.61 Å². The van der Waals surface area contributed by atoms with Crippen LogP contribution in [0.4, 0.5) is 5.69 Å². The van der Waals surface area contributed by atoms with Gasteiger partial charge in [-0.1, -0.05) is 18.3 Å². The molecule has 17 heavy (non-hydrogen) atoms. The zero-order chi connectivity index (χ0) is 12.4. The summed E-state index contributed by atoms with van der Waals surface area (Å²) in [4.78, 5) is 2.64. The van der Waals surface area contributed by atoms with Gasteiger partial charge in [0.25, 0.3) is 0 Å². The Bertz CT molecular complexity index is 429. The molecule has 92 valence electrons. The van der Waals surface area contributed by atoms with Gasteiger partial charge in [-0.2, -0.15) is 0 Å². The fourth-order valence-corrected chi connectivity index (χ4v) is 2.25. The molecule has 1 saturated carbocycles. The Kier molecular flexibility index (Phi) is 3.64. The monoisotopic (exact) mass is 250 g/mol. The molecule has 3 nitrogen and oxygen atoms in total. The zero-order valence-electron chi connectivity index (χ0n) is 10.0. The molecular formula is C13H18N2OS. The van der Waals surface area contributed by atoms with Gasteiger partial charge >= 0.3 is 0 Å². The van der Waals surface area contributed by atoms with E-state index in [4.69, 9.17) is 23.1 Å². The summed E-state index contributed by atoms with van der Waals surface area (Å²) >= 11 is 5.09. The third-order valence-electron chi connectivity index (χ3n) is 3.06. The quantitative estimate of drug-likeness (QED) is 0.779. The van der Waals surface area contributed by atoms with E-state index in [-0.39, 0.29) is 6.61 Å². The van der Waals surface area contributed by atoms with Crippen molar-refractivity contribution >= 4 is 22.9 Å². The summed E-state index contributed by atoms with van der Waals surface area (Å²) in [7, 11) is 0. The SMILES string of the molecule is Cc1ccc(C(N)=S)c(N(CCO)C2CC2)c1. The van der Waals surface area contributed by atoms with Crippen molar-refractivity contribution in [1.82, 2.24) is 0 Å². The molecule has 1 aliphatic carbocycles. The standard InChI is InChI=1S/C13H18N2OS/c1-9-2-5-11(13(14)17)12(8-9)15(6-7-16)10-3-4-10/h2,5,8,10,16H,3-4,6-7H2,1H3,(H2,14,17). The molecule has 2 rings (SSSR count). The maximum atomic E-state index is 9.17. The van der Waals surface area contributed by atoms with Crippen LogP contribution in [-0.4, -0.2) is 29.3 Å². The van der Waals surface area contributed by atoms with Crippen LogP contribution in [0.25, 0.3) is 0 Å². The number of rotatable bonds is 5. The van der Waals surface area contributed by atoms with E-state index >= 15 is 0 Å². The normalized spacial score (nSPS) is 14.7. The first-order valence-corrected chi connectivity index (χ1v) is 6.32. The second kappa shape index (κ2) is 5.02. The van der Waals surface area contributed by atoms with E-state index in [0.717, 1.165) is 11.3 Å². The molecule has 1 aromatic carbocycles. The average Bonchev–Trinajstić information content (AvgIpc) is 3.09. The lowest BCUT2D eigenvalue weighted by molar-refractivity contribution is 0.301. The number of anilines is 1. The summed E-state index contributed by atoms with van der Waals surface area (Å²) in [6.07, 6.45) is 2.37. The van der Waals surface area contributed by atoms with E-state index in [1.54, 1.807) is 0 Å².